The van der Waals surface area contributed by atoms with Gasteiger partial charge in [0.2, 0.25) is 0 Å². The maximum atomic E-state index is 14.1. The number of nitrogens with zero attached hydrogens (tertiary/aromatic N) is 4. The van der Waals surface area contributed by atoms with Crippen molar-refractivity contribution in [3.8, 4) is 5.75 Å². The maximum absolute atomic E-state index is 14.1. The first-order chi connectivity index (χ1) is 21.2. The fourth-order valence-corrected chi connectivity index (χ4v) is 7.17. The highest BCUT2D eigenvalue weighted by atomic mass is 35.5. The molecule has 1 aliphatic heterocycles. The van der Waals surface area contributed by atoms with E-state index in [0.717, 1.165) is 4.90 Å². The maximum Gasteiger partial charge on any atom is 0.283 e. The first kappa shape index (κ1) is 31.2. The van der Waals surface area contributed by atoms with Crippen molar-refractivity contribution in [3.05, 3.63) is 124 Å². The molecule has 0 fully saturated rings. The van der Waals surface area contributed by atoms with Crippen LogP contribution in [0.2, 0.25) is 5.02 Å². The normalized spacial score (nSPS) is 14.7. The van der Waals surface area contributed by atoms with E-state index >= 15 is 0 Å². The lowest BCUT2D eigenvalue weighted by Gasteiger charge is -2.29. The number of benzene rings is 3. The van der Waals surface area contributed by atoms with Crippen LogP contribution in [0.3, 0.4) is 0 Å². The molecule has 1 atom stereocenters. The van der Waals surface area contributed by atoms with E-state index in [1.807, 2.05) is 32.0 Å². The highest BCUT2D eigenvalue weighted by Crippen LogP contribution is 2.37. The first-order valence-corrected chi connectivity index (χ1v) is 15.8. The largest absolute Gasteiger partial charge is 0.496 e. The Morgan fingerprint density at radius 2 is 1.86 bits per heavy atom. The molecule has 5 rings (SSSR count). The zero-order valence-electron chi connectivity index (χ0n) is 24.4. The van der Waals surface area contributed by atoms with Crippen LogP contribution >= 0.6 is 34.7 Å². The standard InChI is InChI=1S/C32H29ClN4O5S2/c1-5-35(6-2)31(39)28-19(3)34-32-36(29(28)23-9-7-8-10-25(23)42-4)30(38)27(44-32)18-20-11-16-26(24(17-20)37(40)41)43-22-14-12-21(33)13-15-22/h7-18,29H,5-6H2,1-4H3/b27-18-/t29-/m1/s1. The van der Waals surface area contributed by atoms with Gasteiger partial charge in [0, 0.05) is 34.6 Å². The van der Waals surface area contributed by atoms with E-state index in [-0.39, 0.29) is 17.2 Å². The molecule has 0 spiro atoms. The minimum atomic E-state index is -0.773. The van der Waals surface area contributed by atoms with Crippen molar-refractivity contribution in [2.24, 2.45) is 4.99 Å². The monoisotopic (exact) mass is 648 g/mol. The molecule has 226 valence electrons. The van der Waals surface area contributed by atoms with Crippen LogP contribution in [0.25, 0.3) is 6.08 Å². The predicted octanol–water partition coefficient (Wildman–Crippen LogP) is 5.83. The van der Waals surface area contributed by atoms with Gasteiger partial charge in [-0.05, 0) is 68.8 Å². The number of allylic oxidation sites excluding steroid dienone is 1. The lowest BCUT2D eigenvalue weighted by Crippen LogP contribution is -2.43. The Bertz CT molecular complexity index is 1960. The van der Waals surface area contributed by atoms with E-state index in [2.05, 4.69) is 0 Å². The SMILES string of the molecule is CCN(CC)C(=O)C1=C(C)N=c2s/c(=C\c3ccc(Sc4ccc(Cl)cc4)c([N+](=O)[O-])c3)c(=O)n2[C@@H]1c1ccccc1OC. The van der Waals surface area contributed by atoms with E-state index in [0.29, 0.717) is 60.5 Å². The average Bonchev–Trinajstić information content (AvgIpc) is 3.32. The molecule has 3 aromatic carbocycles. The van der Waals surface area contributed by atoms with E-state index in [4.69, 9.17) is 21.3 Å². The summed E-state index contributed by atoms with van der Waals surface area (Å²) in [5.41, 5.74) is 1.63. The van der Waals surface area contributed by atoms with Crippen LogP contribution < -0.4 is 19.6 Å². The Kier molecular flexibility index (Phi) is 9.38. The zero-order chi connectivity index (χ0) is 31.5. The van der Waals surface area contributed by atoms with E-state index in [1.54, 1.807) is 67.5 Å². The number of para-hydroxylation sites is 1. The highest BCUT2D eigenvalue weighted by molar-refractivity contribution is 7.99. The van der Waals surface area contributed by atoms with Crippen LogP contribution in [0, 0.1) is 10.1 Å². The van der Waals surface area contributed by atoms with Gasteiger partial charge in [0.1, 0.15) is 11.8 Å². The molecule has 2 heterocycles. The van der Waals surface area contributed by atoms with Crippen LogP contribution in [0.15, 0.2) is 97.6 Å². The van der Waals surface area contributed by atoms with Crippen LogP contribution in [0.1, 0.15) is 37.9 Å². The number of thiazole rings is 1. The lowest BCUT2D eigenvalue weighted by molar-refractivity contribution is -0.387. The Labute approximate surface area is 266 Å². The van der Waals surface area contributed by atoms with Gasteiger partial charge in [-0.25, -0.2) is 4.99 Å². The molecule has 44 heavy (non-hydrogen) atoms. The summed E-state index contributed by atoms with van der Waals surface area (Å²) in [7, 11) is 1.55. The summed E-state index contributed by atoms with van der Waals surface area (Å²) in [6.45, 7) is 6.59. The van der Waals surface area contributed by atoms with Gasteiger partial charge in [-0.3, -0.25) is 24.3 Å². The average molecular weight is 649 g/mol. The number of hydrogen-bond acceptors (Lipinski definition) is 8. The summed E-state index contributed by atoms with van der Waals surface area (Å²) < 4.78 is 7.52. The van der Waals surface area contributed by atoms with Gasteiger partial charge in [-0.15, -0.1) is 0 Å². The predicted molar refractivity (Wildman–Crippen MR) is 173 cm³/mol. The Morgan fingerprint density at radius 1 is 1.16 bits per heavy atom. The number of amides is 1. The molecule has 0 bridgehead atoms. The number of rotatable bonds is 9. The van der Waals surface area contributed by atoms with Crippen LogP contribution in [-0.2, 0) is 4.79 Å². The number of ether oxygens (including phenoxy) is 1. The summed E-state index contributed by atoms with van der Waals surface area (Å²) in [4.78, 5) is 47.6. The van der Waals surface area contributed by atoms with Gasteiger partial charge in [0.25, 0.3) is 17.2 Å². The fourth-order valence-electron chi connectivity index (χ4n) is 5.10. The van der Waals surface area contributed by atoms with Crippen LogP contribution in [0.5, 0.6) is 5.75 Å². The van der Waals surface area contributed by atoms with Crippen molar-refractivity contribution < 1.29 is 14.5 Å². The molecule has 1 aromatic heterocycles. The van der Waals surface area contributed by atoms with E-state index in [9.17, 15) is 19.7 Å². The van der Waals surface area contributed by atoms with Crippen molar-refractivity contribution in [2.45, 2.75) is 36.6 Å². The number of hydrogen-bond donors (Lipinski definition) is 0. The molecule has 9 nitrogen and oxygen atoms in total. The molecule has 0 unspecified atom stereocenters. The van der Waals surface area contributed by atoms with Crippen LogP contribution in [-0.4, -0.2) is 40.5 Å². The number of fused-ring (bicyclic) bond motifs is 1. The molecule has 4 aromatic rings. The summed E-state index contributed by atoms with van der Waals surface area (Å²) in [5.74, 6) is 0.335. The van der Waals surface area contributed by atoms with Gasteiger partial charge >= 0.3 is 0 Å². The van der Waals surface area contributed by atoms with Gasteiger partial charge in [-0.1, -0.05) is 59.0 Å². The second kappa shape index (κ2) is 13.2. The zero-order valence-corrected chi connectivity index (χ0v) is 26.8. The molecular formula is C32H29ClN4O5S2. The Morgan fingerprint density at radius 3 is 2.52 bits per heavy atom. The van der Waals surface area contributed by atoms with Gasteiger partial charge < -0.3 is 9.64 Å². The second-order valence-electron chi connectivity index (χ2n) is 9.84. The third-order valence-corrected chi connectivity index (χ3v) is 9.56. The smallest absolute Gasteiger partial charge is 0.283 e. The Hall–Kier alpha value is -4.19. The minimum Gasteiger partial charge on any atom is -0.496 e. The summed E-state index contributed by atoms with van der Waals surface area (Å²) in [6, 6.07) is 18.4. The summed E-state index contributed by atoms with van der Waals surface area (Å²) in [6.07, 6.45) is 1.62. The molecule has 1 amide bonds. The third kappa shape index (κ3) is 6.08. The molecular weight excluding hydrogens is 620 g/mol. The molecule has 0 radical (unpaired) electrons. The second-order valence-corrected chi connectivity index (χ2v) is 12.4. The van der Waals surface area contributed by atoms with Crippen molar-refractivity contribution in [1.82, 2.24) is 9.47 Å². The minimum absolute atomic E-state index is 0.0821. The highest BCUT2D eigenvalue weighted by Gasteiger charge is 2.35. The van der Waals surface area contributed by atoms with Crippen molar-refractivity contribution in [3.63, 3.8) is 0 Å². The van der Waals surface area contributed by atoms with Gasteiger partial charge in [0.05, 0.1) is 32.7 Å². The number of aromatic nitrogens is 1. The number of carbonyl (C=O) groups excluding carboxylic acids is 1. The number of nitro benzene ring substituents is 1. The first-order valence-electron chi connectivity index (χ1n) is 13.8. The number of methoxy groups -OCH3 is 1. The molecule has 0 saturated heterocycles. The quantitative estimate of drug-likeness (QED) is 0.167. The molecule has 12 heteroatoms. The number of nitro groups is 1. The van der Waals surface area contributed by atoms with Crippen molar-refractivity contribution in [2.75, 3.05) is 20.2 Å². The molecule has 1 aliphatic rings. The Balaban J connectivity index is 1.65. The van der Waals surface area contributed by atoms with Gasteiger partial charge in [0.15, 0.2) is 4.80 Å². The summed E-state index contributed by atoms with van der Waals surface area (Å²) >= 11 is 8.41. The molecule has 0 aliphatic carbocycles. The number of halogens is 1. The lowest BCUT2D eigenvalue weighted by atomic mass is 9.94. The summed E-state index contributed by atoms with van der Waals surface area (Å²) in [5, 5.41) is 12.6. The molecule has 0 N–H and O–H groups in total. The van der Waals surface area contributed by atoms with Crippen molar-refractivity contribution in [1.29, 1.82) is 0 Å². The van der Waals surface area contributed by atoms with E-state index in [1.165, 1.54) is 33.7 Å². The third-order valence-electron chi connectivity index (χ3n) is 7.26. The van der Waals surface area contributed by atoms with E-state index < -0.39 is 11.0 Å². The van der Waals surface area contributed by atoms with Crippen molar-refractivity contribution >= 4 is 52.4 Å². The number of carbonyl (C=O) groups is 1. The van der Waals surface area contributed by atoms with Crippen LogP contribution in [0.4, 0.5) is 5.69 Å². The topological polar surface area (TPSA) is 107 Å². The fraction of sp³-hybridized carbons (Fsp3) is 0.219. The molecule has 0 saturated carbocycles. The number of likely N-dealkylation sites (N-methyl/N-ethyl adjacent to an activating group) is 1. The van der Waals surface area contributed by atoms with Gasteiger partial charge in [-0.2, -0.15) is 0 Å².